The monoisotopic (exact) mass is 593 g/mol. The minimum Gasteiger partial charge on any atom is -0.403 e. The van der Waals surface area contributed by atoms with Crippen LogP contribution in [0, 0.1) is 23.7 Å². The molecular formula is C29H46FN5O3P2. The molecule has 0 spiro atoms. The van der Waals surface area contributed by atoms with E-state index >= 15 is 0 Å². The Bertz CT molecular complexity index is 1030. The minimum atomic E-state index is -1.37. The van der Waals surface area contributed by atoms with Crippen LogP contribution in [0.4, 0.5) is 10.1 Å². The van der Waals surface area contributed by atoms with Gasteiger partial charge in [-0.1, -0.05) is 39.7 Å². The molecule has 0 aromatic heterocycles. The largest absolute Gasteiger partial charge is 0.403 e. The van der Waals surface area contributed by atoms with Gasteiger partial charge in [-0.3, -0.25) is 9.80 Å². The number of nitriles is 1. The number of methoxy groups -OCH3 is 1. The van der Waals surface area contributed by atoms with E-state index in [2.05, 4.69) is 25.7 Å². The lowest BCUT2D eigenvalue weighted by atomic mass is 9.76. The number of allylic oxidation sites excluding steroid dienone is 3. The fourth-order valence-corrected chi connectivity index (χ4v) is 3.73. The van der Waals surface area contributed by atoms with Gasteiger partial charge in [-0.15, -0.1) is 9.24 Å². The van der Waals surface area contributed by atoms with Crippen molar-refractivity contribution in [3.63, 3.8) is 0 Å². The van der Waals surface area contributed by atoms with Crippen molar-refractivity contribution in [3.8, 4) is 6.07 Å². The molecule has 3 atom stereocenters. The molecule has 1 aromatic carbocycles. The molecule has 1 fully saturated rings. The summed E-state index contributed by atoms with van der Waals surface area (Å²) >= 11 is 0. The highest BCUT2D eigenvalue weighted by atomic mass is 31.0. The van der Waals surface area contributed by atoms with Gasteiger partial charge in [0.15, 0.2) is 0 Å². The molecule has 1 aliphatic rings. The Morgan fingerprint density at radius 2 is 1.95 bits per heavy atom. The SMILES string of the molecule is C/C=C\C(=C/N)NC(=O)C(/C=N\N(C)c1ccc(C)cc1)=C\C(F)P.COCOC1CCC(C)(C#N)CC1.CP. The summed E-state index contributed by atoms with van der Waals surface area (Å²) in [5.41, 5.74) is 7.82. The van der Waals surface area contributed by atoms with Gasteiger partial charge in [0.25, 0.3) is 5.91 Å². The highest BCUT2D eigenvalue weighted by Crippen LogP contribution is 2.36. The van der Waals surface area contributed by atoms with Gasteiger partial charge < -0.3 is 20.5 Å². The number of anilines is 1. The van der Waals surface area contributed by atoms with Crippen molar-refractivity contribution in [2.75, 3.05) is 32.6 Å². The van der Waals surface area contributed by atoms with Crippen molar-refractivity contribution in [2.45, 2.75) is 58.5 Å². The van der Waals surface area contributed by atoms with Crippen LogP contribution >= 0.6 is 18.5 Å². The van der Waals surface area contributed by atoms with Crippen LogP contribution < -0.4 is 16.1 Å². The summed E-state index contributed by atoms with van der Waals surface area (Å²) in [6.45, 7) is 8.10. The number of hydrogen-bond donors (Lipinski definition) is 2. The third-order valence-electron chi connectivity index (χ3n) is 5.89. The molecule has 222 valence electrons. The summed E-state index contributed by atoms with van der Waals surface area (Å²) in [6.07, 6.45) is 11.2. The van der Waals surface area contributed by atoms with Crippen molar-refractivity contribution >= 4 is 36.3 Å². The molecule has 8 nitrogen and oxygen atoms in total. The van der Waals surface area contributed by atoms with Gasteiger partial charge in [-0.2, -0.15) is 10.4 Å². The first-order valence-corrected chi connectivity index (χ1v) is 14.8. The summed E-state index contributed by atoms with van der Waals surface area (Å²) in [4.78, 5) is 12.3. The van der Waals surface area contributed by atoms with Crippen LogP contribution in [0.2, 0.25) is 0 Å². The first-order chi connectivity index (χ1) is 19.1. The summed E-state index contributed by atoms with van der Waals surface area (Å²) < 4.78 is 23.6. The van der Waals surface area contributed by atoms with Gasteiger partial charge in [0.05, 0.1) is 40.8 Å². The van der Waals surface area contributed by atoms with Crippen LogP contribution in [0.5, 0.6) is 0 Å². The third kappa shape index (κ3) is 15.2. The normalized spacial score (nSPS) is 20.1. The maximum absolute atomic E-state index is 13.3. The average molecular weight is 594 g/mol. The smallest absolute Gasteiger partial charge is 0.257 e. The molecule has 11 heteroatoms. The van der Waals surface area contributed by atoms with Crippen LogP contribution in [-0.4, -0.2) is 51.8 Å². The Hall–Kier alpha value is -2.62. The number of nitrogens with two attached hydrogens (primary N) is 1. The molecule has 0 radical (unpaired) electrons. The van der Waals surface area contributed by atoms with E-state index in [-0.39, 0.29) is 11.0 Å². The topological polar surface area (TPSA) is 113 Å². The second-order valence-corrected chi connectivity index (χ2v) is 9.83. The molecule has 3 N–H and O–H groups in total. The van der Waals surface area contributed by atoms with E-state index in [1.807, 2.05) is 54.0 Å². The zero-order valence-corrected chi connectivity index (χ0v) is 26.9. The number of carbonyl (C=O) groups is 1. The number of alkyl halides is 1. The fraction of sp³-hybridized carbons (Fsp3) is 0.483. The Labute approximate surface area is 244 Å². The van der Waals surface area contributed by atoms with E-state index in [4.69, 9.17) is 20.5 Å². The zero-order valence-electron chi connectivity index (χ0n) is 24.6. The van der Waals surface area contributed by atoms with Crippen LogP contribution in [0.3, 0.4) is 0 Å². The number of nitrogens with zero attached hydrogens (tertiary/aromatic N) is 3. The van der Waals surface area contributed by atoms with Crippen molar-refractivity contribution in [1.29, 1.82) is 5.26 Å². The number of hydrogen-bond acceptors (Lipinski definition) is 7. The predicted octanol–water partition coefficient (Wildman–Crippen LogP) is 5.58. The van der Waals surface area contributed by atoms with Crippen molar-refractivity contribution < 1.29 is 18.7 Å². The van der Waals surface area contributed by atoms with Crippen LogP contribution in [-0.2, 0) is 14.3 Å². The number of benzene rings is 1. The predicted molar refractivity (Wildman–Crippen MR) is 171 cm³/mol. The Morgan fingerprint density at radius 3 is 2.42 bits per heavy atom. The quantitative estimate of drug-likeness (QED) is 0.0915. The first kappa shape index (κ1) is 37.4. The van der Waals surface area contributed by atoms with Gasteiger partial charge in [-0.05, 0) is 70.7 Å². The Kier molecular flexibility index (Phi) is 19.8. The summed E-state index contributed by atoms with van der Waals surface area (Å²) in [7, 11) is 7.76. The third-order valence-corrected chi connectivity index (χ3v) is 6.08. The van der Waals surface area contributed by atoms with E-state index in [0.717, 1.165) is 43.0 Å². The molecule has 1 amide bonds. The maximum Gasteiger partial charge on any atom is 0.257 e. The van der Waals surface area contributed by atoms with E-state index in [1.54, 1.807) is 38.2 Å². The molecule has 1 saturated carbocycles. The van der Waals surface area contributed by atoms with E-state index < -0.39 is 11.8 Å². The average Bonchev–Trinajstić information content (AvgIpc) is 2.96. The minimum absolute atomic E-state index is 0.0883. The Morgan fingerprint density at radius 1 is 1.35 bits per heavy atom. The van der Waals surface area contributed by atoms with Crippen molar-refractivity contribution in [2.24, 2.45) is 16.3 Å². The second kappa shape index (κ2) is 21.2. The maximum atomic E-state index is 13.3. The number of carbonyl (C=O) groups excluding carboxylic acids is 1. The standard InChI is InChI=1S/C18H24FN4OP.C10H17NO2.CH5P/c1-4-5-15(11-20)22-18(24)14(10-17(19)25)12-21-23(3)16-8-6-13(2)7-9-16;1-10(7-11)5-3-9(4-6-10)13-8-12-2;1-2/h4-12,17H,20,25H2,1-3H3,(H,22,24);9H,3-6,8H2,1-2H3;2H2,1H3/b5-4-,14-10-,15-11+,21-12-;;. The Balaban J connectivity index is 0.000000848. The van der Waals surface area contributed by atoms with Crippen LogP contribution in [0.15, 0.2) is 65.1 Å². The van der Waals surface area contributed by atoms with Crippen molar-refractivity contribution in [1.82, 2.24) is 5.32 Å². The highest BCUT2D eigenvalue weighted by molar-refractivity contribution is 7.17. The van der Waals surface area contributed by atoms with E-state index in [9.17, 15) is 9.18 Å². The van der Waals surface area contributed by atoms with Gasteiger partial charge in [0, 0.05) is 20.4 Å². The lowest BCUT2D eigenvalue weighted by molar-refractivity contribution is -0.116. The molecule has 2 rings (SSSR count). The molecule has 3 unspecified atom stereocenters. The number of aryl methyl sites for hydroxylation is 1. The highest BCUT2D eigenvalue weighted by Gasteiger charge is 2.31. The van der Waals surface area contributed by atoms with Gasteiger partial charge >= 0.3 is 0 Å². The molecule has 40 heavy (non-hydrogen) atoms. The number of rotatable bonds is 10. The van der Waals surface area contributed by atoms with E-state index in [1.165, 1.54) is 12.4 Å². The molecule has 0 saturated heterocycles. The number of amides is 1. The molecule has 1 aromatic rings. The number of ether oxygens (including phenoxy) is 2. The zero-order chi connectivity index (χ0) is 30.6. The van der Waals surface area contributed by atoms with E-state index in [0.29, 0.717) is 18.6 Å². The van der Waals surface area contributed by atoms with Gasteiger partial charge in [0.1, 0.15) is 12.7 Å². The summed E-state index contributed by atoms with van der Waals surface area (Å²) in [6, 6.07) is 10.1. The van der Waals surface area contributed by atoms with Gasteiger partial charge in [-0.25, -0.2) is 4.39 Å². The number of nitrogens with one attached hydrogen (secondary N) is 1. The summed E-state index contributed by atoms with van der Waals surface area (Å²) in [5.74, 6) is -1.87. The molecule has 1 aliphatic carbocycles. The van der Waals surface area contributed by atoms with Crippen LogP contribution in [0.1, 0.15) is 45.1 Å². The molecular weight excluding hydrogens is 547 g/mol. The molecule has 0 aliphatic heterocycles. The van der Waals surface area contributed by atoms with Gasteiger partial charge in [0.2, 0.25) is 0 Å². The lowest BCUT2D eigenvalue weighted by Crippen LogP contribution is -2.28. The molecule has 0 heterocycles. The number of halogens is 1. The lowest BCUT2D eigenvalue weighted by Gasteiger charge is -2.31. The fourth-order valence-electron chi connectivity index (χ4n) is 3.52. The molecule has 0 bridgehead atoms. The van der Waals surface area contributed by atoms with Crippen molar-refractivity contribution in [3.05, 3.63) is 65.5 Å². The first-order valence-electron chi connectivity index (χ1n) is 13.0. The second-order valence-electron chi connectivity index (χ2n) is 9.19. The van der Waals surface area contributed by atoms with Crippen LogP contribution in [0.25, 0.3) is 0 Å². The number of hydrazone groups is 1. The summed E-state index contributed by atoms with van der Waals surface area (Å²) in [5, 5.41) is 17.3.